The number of guanidine groups is 1. The number of aliphatic imine (C=N–C) groups is 1. The third-order valence-electron chi connectivity index (χ3n) is 4.24. The highest BCUT2D eigenvalue weighted by Crippen LogP contribution is 2.36. The highest BCUT2D eigenvalue weighted by Gasteiger charge is 2.44. The van der Waals surface area contributed by atoms with Crippen LogP contribution in [-0.4, -0.2) is 43.1 Å². The molecule has 3 rings (SSSR count). The van der Waals surface area contributed by atoms with Gasteiger partial charge < -0.3 is 15.5 Å². The average Bonchev–Trinajstić information content (AvgIpc) is 2.72. The lowest BCUT2D eigenvalue weighted by Crippen LogP contribution is -2.57. The topological polar surface area (TPSA) is 44.9 Å². The van der Waals surface area contributed by atoms with Crippen LogP contribution >= 0.6 is 11.6 Å². The van der Waals surface area contributed by atoms with Gasteiger partial charge in [0.2, 0.25) is 0 Å². The maximum atomic E-state index is 6.12. The van der Waals surface area contributed by atoms with E-state index in [1.807, 2.05) is 24.3 Å². The fourth-order valence-electron chi connectivity index (χ4n) is 3.03. The van der Waals surface area contributed by atoms with E-state index in [4.69, 9.17) is 17.3 Å². The Morgan fingerprint density at radius 2 is 1.84 bits per heavy atom. The van der Waals surface area contributed by atoms with Gasteiger partial charge in [-0.25, -0.2) is 0 Å². The third kappa shape index (κ3) is 2.19. The molecule has 0 bridgehead atoms. The van der Waals surface area contributed by atoms with E-state index in [1.54, 1.807) is 0 Å². The van der Waals surface area contributed by atoms with Crippen molar-refractivity contribution in [2.75, 3.05) is 31.6 Å². The van der Waals surface area contributed by atoms with Crippen LogP contribution in [0.3, 0.4) is 0 Å². The van der Waals surface area contributed by atoms with Crippen molar-refractivity contribution >= 4 is 23.2 Å². The van der Waals surface area contributed by atoms with Crippen molar-refractivity contribution in [2.45, 2.75) is 18.4 Å². The van der Waals surface area contributed by atoms with Gasteiger partial charge in [-0.1, -0.05) is 11.6 Å². The Morgan fingerprint density at radius 3 is 2.47 bits per heavy atom. The molecule has 102 valence electrons. The lowest BCUT2D eigenvalue weighted by molar-refractivity contribution is 0.202. The summed E-state index contributed by atoms with van der Waals surface area (Å²) < 4.78 is 0. The summed E-state index contributed by atoms with van der Waals surface area (Å²) in [5.74, 6) is 0.631. The molecule has 4 nitrogen and oxygen atoms in total. The van der Waals surface area contributed by atoms with Gasteiger partial charge in [0.1, 0.15) is 0 Å². The van der Waals surface area contributed by atoms with Crippen molar-refractivity contribution in [3.05, 3.63) is 29.3 Å². The van der Waals surface area contributed by atoms with Crippen molar-refractivity contribution in [1.29, 1.82) is 0 Å². The van der Waals surface area contributed by atoms with Gasteiger partial charge in [0.25, 0.3) is 0 Å². The Hall–Kier alpha value is -1.26. The summed E-state index contributed by atoms with van der Waals surface area (Å²) >= 11 is 5.96. The minimum atomic E-state index is 0.0599. The largest absolute Gasteiger partial charge is 0.369 e. The Morgan fingerprint density at radius 1 is 1.21 bits per heavy atom. The van der Waals surface area contributed by atoms with Gasteiger partial charge in [-0.2, -0.15) is 0 Å². The van der Waals surface area contributed by atoms with Gasteiger partial charge in [-0.3, -0.25) is 4.99 Å². The molecule has 1 spiro atoms. The van der Waals surface area contributed by atoms with Crippen LogP contribution < -0.4 is 10.6 Å². The summed E-state index contributed by atoms with van der Waals surface area (Å²) in [5.41, 5.74) is 7.27. The second-order valence-corrected chi connectivity index (χ2v) is 5.95. The Bertz CT molecular complexity index is 489. The zero-order chi connectivity index (χ0) is 13.5. The Labute approximate surface area is 118 Å². The number of likely N-dealkylation sites (tertiary alicyclic amines) is 1. The number of anilines is 1. The molecular weight excluding hydrogens is 260 g/mol. The quantitative estimate of drug-likeness (QED) is 0.854. The standard InChI is InChI=1S/C14H19ClN4/c1-18-8-6-14(7-9-18)10-17-13(16)19(14)12-4-2-11(15)3-5-12/h2-5H,6-10H2,1H3,(H2,16,17). The molecule has 2 heterocycles. The first-order chi connectivity index (χ1) is 9.11. The number of nitrogens with zero attached hydrogens (tertiary/aromatic N) is 3. The van der Waals surface area contributed by atoms with Gasteiger partial charge in [-0.15, -0.1) is 0 Å². The van der Waals surface area contributed by atoms with Gasteiger partial charge in [-0.05, 0) is 44.2 Å². The first-order valence-corrected chi connectivity index (χ1v) is 7.03. The van der Waals surface area contributed by atoms with Crippen molar-refractivity contribution in [2.24, 2.45) is 10.7 Å². The zero-order valence-corrected chi connectivity index (χ0v) is 11.9. The van der Waals surface area contributed by atoms with E-state index < -0.39 is 0 Å². The van der Waals surface area contributed by atoms with Crippen molar-refractivity contribution < 1.29 is 0 Å². The summed E-state index contributed by atoms with van der Waals surface area (Å²) in [6.07, 6.45) is 2.19. The molecule has 1 fully saturated rings. The molecule has 0 amide bonds. The Balaban J connectivity index is 1.92. The van der Waals surface area contributed by atoms with Gasteiger partial charge in [0.15, 0.2) is 5.96 Å². The van der Waals surface area contributed by atoms with E-state index in [0.717, 1.165) is 43.2 Å². The van der Waals surface area contributed by atoms with E-state index in [9.17, 15) is 0 Å². The maximum absolute atomic E-state index is 6.12. The molecule has 2 N–H and O–H groups in total. The lowest BCUT2D eigenvalue weighted by atomic mass is 9.86. The average molecular weight is 279 g/mol. The van der Waals surface area contributed by atoms with Gasteiger partial charge in [0.05, 0.1) is 12.1 Å². The monoisotopic (exact) mass is 278 g/mol. The number of hydrogen-bond acceptors (Lipinski definition) is 4. The molecule has 19 heavy (non-hydrogen) atoms. The smallest absolute Gasteiger partial charge is 0.196 e. The number of nitrogens with two attached hydrogens (primary N) is 1. The second-order valence-electron chi connectivity index (χ2n) is 5.51. The molecule has 0 aliphatic carbocycles. The third-order valence-corrected chi connectivity index (χ3v) is 4.49. The number of benzene rings is 1. The summed E-state index contributed by atoms with van der Waals surface area (Å²) in [7, 11) is 2.17. The first-order valence-electron chi connectivity index (χ1n) is 6.65. The first kappa shape index (κ1) is 12.8. The second kappa shape index (κ2) is 4.69. The van der Waals surface area contributed by atoms with E-state index in [1.165, 1.54) is 0 Å². The van der Waals surface area contributed by atoms with E-state index in [-0.39, 0.29) is 5.54 Å². The molecular formula is C14H19ClN4. The molecule has 1 saturated heterocycles. The molecule has 1 aromatic carbocycles. The van der Waals surface area contributed by atoms with Crippen molar-refractivity contribution in [3.8, 4) is 0 Å². The fourth-order valence-corrected chi connectivity index (χ4v) is 3.15. The molecule has 0 radical (unpaired) electrons. The van der Waals surface area contributed by atoms with Gasteiger partial charge in [0, 0.05) is 23.8 Å². The summed E-state index contributed by atoms with van der Waals surface area (Å²) in [4.78, 5) is 9.05. The van der Waals surface area contributed by atoms with E-state index in [2.05, 4.69) is 21.8 Å². The van der Waals surface area contributed by atoms with Crippen LogP contribution in [0, 0.1) is 0 Å². The SMILES string of the molecule is CN1CCC2(CC1)CN=C(N)N2c1ccc(Cl)cc1. The molecule has 5 heteroatoms. The van der Waals surface area contributed by atoms with Crippen LogP contribution in [0.15, 0.2) is 29.3 Å². The minimum absolute atomic E-state index is 0.0599. The van der Waals surface area contributed by atoms with Crippen LogP contribution in [0.5, 0.6) is 0 Å². The van der Waals surface area contributed by atoms with Crippen LogP contribution in [0.4, 0.5) is 5.69 Å². The van der Waals surface area contributed by atoms with E-state index in [0.29, 0.717) is 5.96 Å². The fraction of sp³-hybridized carbons (Fsp3) is 0.500. The highest BCUT2D eigenvalue weighted by molar-refractivity contribution is 6.30. The van der Waals surface area contributed by atoms with E-state index >= 15 is 0 Å². The number of piperidine rings is 1. The minimum Gasteiger partial charge on any atom is -0.369 e. The lowest BCUT2D eigenvalue weighted by Gasteiger charge is -2.44. The molecule has 0 saturated carbocycles. The maximum Gasteiger partial charge on any atom is 0.196 e. The van der Waals surface area contributed by atoms with Crippen molar-refractivity contribution in [1.82, 2.24) is 4.90 Å². The number of rotatable bonds is 1. The molecule has 2 aliphatic rings. The highest BCUT2D eigenvalue weighted by atomic mass is 35.5. The normalized spacial score (nSPS) is 22.8. The molecule has 0 aromatic heterocycles. The summed E-state index contributed by atoms with van der Waals surface area (Å²) in [6.45, 7) is 2.98. The predicted octanol–water partition coefficient (Wildman–Crippen LogP) is 1.94. The summed E-state index contributed by atoms with van der Waals surface area (Å²) in [5, 5.41) is 0.746. The van der Waals surface area contributed by atoms with Crippen LogP contribution in [0.25, 0.3) is 0 Å². The molecule has 1 aromatic rings. The van der Waals surface area contributed by atoms with Crippen LogP contribution in [0.2, 0.25) is 5.02 Å². The van der Waals surface area contributed by atoms with Crippen molar-refractivity contribution in [3.63, 3.8) is 0 Å². The predicted molar refractivity (Wildman–Crippen MR) is 79.9 cm³/mol. The number of halogens is 1. The van der Waals surface area contributed by atoms with Crippen LogP contribution in [0.1, 0.15) is 12.8 Å². The summed E-state index contributed by atoms with van der Waals surface area (Å²) in [6, 6.07) is 7.86. The Kier molecular flexibility index (Phi) is 3.15. The van der Waals surface area contributed by atoms with Crippen LogP contribution in [-0.2, 0) is 0 Å². The zero-order valence-electron chi connectivity index (χ0n) is 11.1. The number of hydrogen-bond donors (Lipinski definition) is 1. The van der Waals surface area contributed by atoms with Gasteiger partial charge >= 0.3 is 0 Å². The molecule has 0 unspecified atom stereocenters. The molecule has 0 atom stereocenters. The molecule has 2 aliphatic heterocycles.